The summed E-state index contributed by atoms with van der Waals surface area (Å²) in [6.07, 6.45) is 0. The number of hydrogen-bond acceptors (Lipinski definition) is 3. The van der Waals surface area contributed by atoms with Gasteiger partial charge in [0.2, 0.25) is 5.91 Å². The molecule has 0 unspecified atom stereocenters. The van der Waals surface area contributed by atoms with Crippen molar-refractivity contribution in [2.45, 2.75) is 0 Å². The van der Waals surface area contributed by atoms with E-state index in [1.165, 1.54) is 7.11 Å². The van der Waals surface area contributed by atoms with Crippen LogP contribution >= 0.6 is 0 Å². The van der Waals surface area contributed by atoms with Gasteiger partial charge < -0.3 is 10.5 Å². The highest BCUT2D eigenvalue weighted by atomic mass is 16.5. The monoisotopic (exact) mass is 220 g/mol. The molecule has 0 aliphatic rings. The molecule has 0 aromatic heterocycles. The maximum Gasteiger partial charge on any atom is 0.231 e. The van der Waals surface area contributed by atoms with Crippen molar-refractivity contribution in [1.82, 2.24) is 5.32 Å². The summed E-state index contributed by atoms with van der Waals surface area (Å²) in [4.78, 5) is 10.5. The van der Waals surface area contributed by atoms with Gasteiger partial charge in [-0.15, -0.1) is 0 Å². The van der Waals surface area contributed by atoms with Gasteiger partial charge in [-0.3, -0.25) is 10.1 Å². The van der Waals surface area contributed by atoms with E-state index in [0.29, 0.717) is 11.3 Å². The SMILES string of the molecule is [2H]C([2H])(C#Cc1ccccc1OC)NCC(N)=O. The van der Waals surface area contributed by atoms with Crippen LogP contribution in [0, 0.1) is 11.8 Å². The van der Waals surface area contributed by atoms with Gasteiger partial charge in [-0.25, -0.2) is 0 Å². The number of primary amides is 1. The van der Waals surface area contributed by atoms with Crippen molar-refractivity contribution in [1.29, 1.82) is 0 Å². The van der Waals surface area contributed by atoms with Crippen molar-refractivity contribution in [2.24, 2.45) is 5.73 Å². The van der Waals surface area contributed by atoms with Crippen LogP contribution < -0.4 is 15.8 Å². The molecule has 1 amide bonds. The Balaban J connectivity index is 2.83. The molecule has 0 aliphatic carbocycles. The van der Waals surface area contributed by atoms with Crippen LogP contribution in [-0.2, 0) is 4.79 Å². The minimum absolute atomic E-state index is 0.270. The molecule has 1 rings (SSSR count). The summed E-state index contributed by atoms with van der Waals surface area (Å²) in [7, 11) is 1.51. The maximum absolute atomic E-state index is 10.5. The third-order valence-electron chi connectivity index (χ3n) is 1.72. The summed E-state index contributed by atoms with van der Waals surface area (Å²) in [5, 5.41) is 2.31. The number of ether oxygens (including phenoxy) is 1. The predicted octanol–water partition coefficient (Wildman–Crippen LogP) is 0.122. The molecule has 4 heteroatoms. The average Bonchev–Trinajstić information content (AvgIpc) is 2.34. The van der Waals surface area contributed by atoms with Crippen LogP contribution in [0.4, 0.5) is 0 Å². The number of methoxy groups -OCH3 is 1. The predicted molar refractivity (Wildman–Crippen MR) is 61.9 cm³/mol. The molecule has 1 aromatic rings. The number of para-hydroxylation sites is 1. The summed E-state index contributed by atoms with van der Waals surface area (Å²) in [5.41, 5.74) is 5.49. The Morgan fingerprint density at radius 3 is 3.06 bits per heavy atom. The van der Waals surface area contributed by atoms with E-state index in [0.717, 1.165) is 0 Å². The second-order valence-electron chi connectivity index (χ2n) is 2.90. The van der Waals surface area contributed by atoms with E-state index in [1.807, 2.05) is 0 Å². The zero-order valence-corrected chi connectivity index (χ0v) is 8.91. The summed E-state index contributed by atoms with van der Waals surface area (Å²) < 4.78 is 20.1. The van der Waals surface area contributed by atoms with E-state index < -0.39 is 12.4 Å². The Morgan fingerprint density at radius 2 is 2.38 bits per heavy atom. The van der Waals surface area contributed by atoms with Gasteiger partial charge in [-0.05, 0) is 12.1 Å². The van der Waals surface area contributed by atoms with Gasteiger partial charge >= 0.3 is 0 Å². The minimum atomic E-state index is -1.99. The summed E-state index contributed by atoms with van der Waals surface area (Å²) in [6, 6.07) is 7.02. The van der Waals surface area contributed by atoms with Crippen LogP contribution in [0.25, 0.3) is 0 Å². The molecule has 0 spiro atoms. The van der Waals surface area contributed by atoms with Crippen molar-refractivity contribution in [2.75, 3.05) is 20.2 Å². The first kappa shape index (κ1) is 9.25. The molecule has 0 aliphatic heterocycles. The summed E-state index contributed by atoms with van der Waals surface area (Å²) >= 11 is 0. The number of nitrogens with one attached hydrogen (secondary N) is 1. The number of carbonyl (C=O) groups excluding carboxylic acids is 1. The van der Waals surface area contributed by atoms with Crippen LogP contribution in [-0.4, -0.2) is 26.1 Å². The van der Waals surface area contributed by atoms with Gasteiger partial charge in [-0.1, -0.05) is 24.0 Å². The highest BCUT2D eigenvalue weighted by Gasteiger charge is 1.95. The number of carbonyl (C=O) groups is 1. The summed E-state index contributed by atoms with van der Waals surface area (Å²) in [6.45, 7) is -2.26. The fourth-order valence-electron chi connectivity index (χ4n) is 1.02. The lowest BCUT2D eigenvalue weighted by molar-refractivity contribution is -0.117. The number of nitrogens with two attached hydrogens (primary N) is 1. The van der Waals surface area contributed by atoms with Crippen LogP contribution in [0.1, 0.15) is 8.30 Å². The normalized spacial score (nSPS) is 11.8. The lowest BCUT2D eigenvalue weighted by atomic mass is 10.2. The Kier molecular flexibility index (Phi) is 3.75. The molecular weight excluding hydrogens is 204 g/mol. The summed E-state index contributed by atoms with van der Waals surface area (Å²) in [5.74, 6) is 4.98. The van der Waals surface area contributed by atoms with E-state index in [4.69, 9.17) is 13.2 Å². The number of hydrogen-bond donors (Lipinski definition) is 2. The Morgan fingerprint density at radius 1 is 1.62 bits per heavy atom. The first-order chi connectivity index (χ1) is 8.44. The Bertz CT molecular complexity index is 492. The molecule has 0 saturated heterocycles. The van der Waals surface area contributed by atoms with Gasteiger partial charge in [0.25, 0.3) is 0 Å². The van der Waals surface area contributed by atoms with Crippen molar-refractivity contribution in [3.63, 3.8) is 0 Å². The molecule has 84 valence electrons. The highest BCUT2D eigenvalue weighted by Crippen LogP contribution is 2.15. The van der Waals surface area contributed by atoms with Crippen molar-refractivity contribution in [3.05, 3.63) is 29.8 Å². The molecule has 0 fully saturated rings. The van der Waals surface area contributed by atoms with E-state index in [9.17, 15) is 4.79 Å². The largest absolute Gasteiger partial charge is 0.495 e. The van der Waals surface area contributed by atoms with Crippen LogP contribution in [0.5, 0.6) is 5.75 Å². The minimum Gasteiger partial charge on any atom is -0.495 e. The maximum atomic E-state index is 10.5. The molecule has 0 radical (unpaired) electrons. The number of rotatable bonds is 4. The van der Waals surface area contributed by atoms with Crippen molar-refractivity contribution >= 4 is 5.91 Å². The van der Waals surface area contributed by atoms with Gasteiger partial charge in [0.05, 0.1) is 28.5 Å². The van der Waals surface area contributed by atoms with E-state index in [2.05, 4.69) is 17.2 Å². The molecule has 0 atom stereocenters. The highest BCUT2D eigenvalue weighted by molar-refractivity contribution is 5.75. The molecule has 16 heavy (non-hydrogen) atoms. The fourth-order valence-corrected chi connectivity index (χ4v) is 1.02. The lowest BCUT2D eigenvalue weighted by Gasteiger charge is -2.01. The van der Waals surface area contributed by atoms with Gasteiger partial charge in [0.15, 0.2) is 0 Å². The molecule has 0 saturated carbocycles. The lowest BCUT2D eigenvalue weighted by Crippen LogP contribution is -2.28. The standard InChI is InChI=1S/C12H14N2O2/c1-16-11-7-3-2-5-10(11)6-4-8-14-9-12(13)15/h2-3,5,7,14H,8-9H2,1H3,(H2,13,15)/i8D2. The van der Waals surface area contributed by atoms with Crippen molar-refractivity contribution < 1.29 is 12.3 Å². The van der Waals surface area contributed by atoms with E-state index in [-0.39, 0.29) is 6.54 Å². The third kappa shape index (κ3) is 4.03. The van der Waals surface area contributed by atoms with Crippen LogP contribution in [0.3, 0.4) is 0 Å². The number of amides is 1. The average molecular weight is 220 g/mol. The van der Waals surface area contributed by atoms with E-state index >= 15 is 0 Å². The zero-order valence-electron chi connectivity index (χ0n) is 10.9. The topological polar surface area (TPSA) is 64.3 Å². The van der Waals surface area contributed by atoms with Crippen LogP contribution in [0.15, 0.2) is 24.3 Å². The van der Waals surface area contributed by atoms with Gasteiger partial charge in [-0.2, -0.15) is 0 Å². The molecule has 3 N–H and O–H groups in total. The molecule has 0 bridgehead atoms. The van der Waals surface area contributed by atoms with Crippen molar-refractivity contribution in [3.8, 4) is 17.6 Å². The first-order valence-electron chi connectivity index (χ1n) is 5.64. The van der Waals surface area contributed by atoms with Crippen LogP contribution in [0.2, 0.25) is 0 Å². The first-order valence-corrected chi connectivity index (χ1v) is 4.64. The quantitative estimate of drug-likeness (QED) is 0.708. The molecule has 4 nitrogen and oxygen atoms in total. The Hall–Kier alpha value is -1.99. The third-order valence-corrected chi connectivity index (χ3v) is 1.72. The Labute approximate surface area is 97.6 Å². The fraction of sp³-hybridized carbons (Fsp3) is 0.250. The van der Waals surface area contributed by atoms with Gasteiger partial charge in [0, 0.05) is 0 Å². The second-order valence-corrected chi connectivity index (χ2v) is 2.90. The smallest absolute Gasteiger partial charge is 0.231 e. The molecular formula is C12H14N2O2. The molecule has 1 aromatic carbocycles. The van der Waals surface area contributed by atoms with Gasteiger partial charge in [0.1, 0.15) is 5.75 Å². The molecule has 0 heterocycles. The second kappa shape index (κ2) is 6.49. The van der Waals surface area contributed by atoms with E-state index in [1.54, 1.807) is 24.3 Å². The zero-order chi connectivity index (χ0) is 13.6. The number of benzene rings is 1.